The number of nitrogens with one attached hydrogen (secondary N) is 2. The predicted octanol–water partition coefficient (Wildman–Crippen LogP) is 1.58. The van der Waals surface area contributed by atoms with Crippen molar-refractivity contribution in [1.82, 2.24) is 10.6 Å². The summed E-state index contributed by atoms with van der Waals surface area (Å²) in [6, 6.07) is 3.82. The van der Waals surface area contributed by atoms with Gasteiger partial charge in [-0.05, 0) is 30.5 Å². The van der Waals surface area contributed by atoms with E-state index in [0.29, 0.717) is 25.2 Å². The first-order valence-corrected chi connectivity index (χ1v) is 6.09. The summed E-state index contributed by atoms with van der Waals surface area (Å²) in [7, 11) is 0. The van der Waals surface area contributed by atoms with Gasteiger partial charge in [-0.15, -0.1) is 0 Å². The van der Waals surface area contributed by atoms with Crippen LogP contribution in [0.25, 0.3) is 0 Å². The zero-order valence-corrected chi connectivity index (χ0v) is 10.0. The van der Waals surface area contributed by atoms with Crippen molar-refractivity contribution >= 4 is 5.91 Å². The number of hydrogen-bond acceptors (Lipinski definition) is 2. The van der Waals surface area contributed by atoms with Crippen LogP contribution >= 0.6 is 0 Å². The van der Waals surface area contributed by atoms with E-state index in [1.807, 2.05) is 0 Å². The van der Waals surface area contributed by atoms with Gasteiger partial charge in [-0.2, -0.15) is 0 Å². The molecule has 0 spiro atoms. The molecule has 0 aliphatic heterocycles. The quantitative estimate of drug-likeness (QED) is 0.757. The first-order chi connectivity index (χ1) is 8.66. The Kier molecular flexibility index (Phi) is 4.25. The standard InChI is InChI=1S/C13H16F2N2O/c14-11-4-1-9(7-12(11)15)8-16-5-6-17-13(18)10-2-3-10/h1,4,7,10,16H,2-3,5-6,8H2,(H,17,18). The van der Waals surface area contributed by atoms with E-state index in [1.165, 1.54) is 12.1 Å². The molecule has 1 aromatic carbocycles. The number of carbonyl (C=O) groups excluding carboxylic acids is 1. The smallest absolute Gasteiger partial charge is 0.223 e. The highest BCUT2D eigenvalue weighted by atomic mass is 19.2. The second-order valence-corrected chi connectivity index (χ2v) is 4.49. The van der Waals surface area contributed by atoms with E-state index >= 15 is 0 Å². The molecule has 1 aliphatic carbocycles. The van der Waals surface area contributed by atoms with Crippen LogP contribution in [0.3, 0.4) is 0 Å². The molecule has 1 aliphatic rings. The van der Waals surface area contributed by atoms with Crippen LogP contribution in [0.2, 0.25) is 0 Å². The average molecular weight is 254 g/mol. The van der Waals surface area contributed by atoms with Crippen molar-refractivity contribution in [2.75, 3.05) is 13.1 Å². The molecular weight excluding hydrogens is 238 g/mol. The second kappa shape index (κ2) is 5.91. The molecule has 0 saturated heterocycles. The highest BCUT2D eigenvalue weighted by Crippen LogP contribution is 2.28. The normalized spacial score (nSPS) is 14.6. The summed E-state index contributed by atoms with van der Waals surface area (Å²) in [5, 5.41) is 5.88. The van der Waals surface area contributed by atoms with Crippen molar-refractivity contribution in [2.24, 2.45) is 5.92 Å². The molecule has 0 unspecified atom stereocenters. The summed E-state index contributed by atoms with van der Waals surface area (Å²) in [6.07, 6.45) is 1.99. The number of carbonyl (C=O) groups is 1. The molecule has 1 aromatic rings. The number of rotatable bonds is 6. The summed E-state index contributed by atoms with van der Waals surface area (Å²) in [4.78, 5) is 11.3. The molecule has 2 N–H and O–H groups in total. The lowest BCUT2D eigenvalue weighted by Gasteiger charge is -2.06. The van der Waals surface area contributed by atoms with Gasteiger partial charge in [-0.25, -0.2) is 8.78 Å². The molecule has 0 aromatic heterocycles. The molecule has 1 fully saturated rings. The highest BCUT2D eigenvalue weighted by Gasteiger charge is 2.28. The van der Waals surface area contributed by atoms with Crippen LogP contribution in [0, 0.1) is 17.6 Å². The van der Waals surface area contributed by atoms with Crippen LogP contribution in [0.4, 0.5) is 8.78 Å². The van der Waals surface area contributed by atoms with Gasteiger partial charge in [0.1, 0.15) is 0 Å². The molecule has 0 radical (unpaired) electrons. The summed E-state index contributed by atoms with van der Waals surface area (Å²) in [5.74, 6) is -1.34. The minimum absolute atomic E-state index is 0.115. The fourth-order valence-corrected chi connectivity index (χ4v) is 1.65. The lowest BCUT2D eigenvalue weighted by atomic mass is 10.2. The number of benzene rings is 1. The third-order valence-corrected chi connectivity index (χ3v) is 2.86. The van der Waals surface area contributed by atoms with Gasteiger partial charge >= 0.3 is 0 Å². The van der Waals surface area contributed by atoms with Gasteiger partial charge in [0, 0.05) is 25.6 Å². The minimum Gasteiger partial charge on any atom is -0.355 e. The van der Waals surface area contributed by atoms with Crippen molar-refractivity contribution < 1.29 is 13.6 Å². The molecule has 3 nitrogen and oxygen atoms in total. The summed E-state index contributed by atoms with van der Waals surface area (Å²) in [6.45, 7) is 1.62. The summed E-state index contributed by atoms with van der Waals surface area (Å²) >= 11 is 0. The Bertz CT molecular complexity index is 433. The lowest BCUT2D eigenvalue weighted by Crippen LogP contribution is -2.32. The van der Waals surface area contributed by atoms with E-state index in [4.69, 9.17) is 0 Å². The van der Waals surface area contributed by atoms with Gasteiger partial charge in [0.15, 0.2) is 11.6 Å². The minimum atomic E-state index is -0.838. The largest absolute Gasteiger partial charge is 0.355 e. The Labute approximate surface area is 105 Å². The maximum atomic E-state index is 12.9. The second-order valence-electron chi connectivity index (χ2n) is 4.49. The van der Waals surface area contributed by atoms with Crippen LogP contribution in [-0.4, -0.2) is 19.0 Å². The molecule has 5 heteroatoms. The Morgan fingerprint density at radius 2 is 2.00 bits per heavy atom. The van der Waals surface area contributed by atoms with E-state index in [9.17, 15) is 13.6 Å². The molecular formula is C13H16F2N2O. The van der Waals surface area contributed by atoms with Gasteiger partial charge in [0.05, 0.1) is 0 Å². The van der Waals surface area contributed by atoms with E-state index in [-0.39, 0.29) is 11.8 Å². The van der Waals surface area contributed by atoms with Gasteiger partial charge in [-0.1, -0.05) is 6.07 Å². The molecule has 1 saturated carbocycles. The van der Waals surface area contributed by atoms with Crippen LogP contribution in [0.15, 0.2) is 18.2 Å². The first-order valence-electron chi connectivity index (χ1n) is 6.09. The summed E-state index contributed by atoms with van der Waals surface area (Å²) < 4.78 is 25.6. The van der Waals surface area contributed by atoms with E-state index in [1.54, 1.807) is 0 Å². The van der Waals surface area contributed by atoms with Crippen molar-refractivity contribution in [3.05, 3.63) is 35.4 Å². The van der Waals surface area contributed by atoms with Crippen LogP contribution < -0.4 is 10.6 Å². The fraction of sp³-hybridized carbons (Fsp3) is 0.462. The van der Waals surface area contributed by atoms with Crippen molar-refractivity contribution in [3.8, 4) is 0 Å². The van der Waals surface area contributed by atoms with E-state index in [0.717, 1.165) is 18.9 Å². The van der Waals surface area contributed by atoms with Crippen molar-refractivity contribution in [2.45, 2.75) is 19.4 Å². The molecule has 0 atom stereocenters. The van der Waals surface area contributed by atoms with Crippen molar-refractivity contribution in [1.29, 1.82) is 0 Å². The third-order valence-electron chi connectivity index (χ3n) is 2.86. The monoisotopic (exact) mass is 254 g/mol. The Hall–Kier alpha value is -1.49. The van der Waals surface area contributed by atoms with Crippen LogP contribution in [0.1, 0.15) is 18.4 Å². The van der Waals surface area contributed by atoms with Crippen LogP contribution in [-0.2, 0) is 11.3 Å². The number of hydrogen-bond donors (Lipinski definition) is 2. The van der Waals surface area contributed by atoms with Gasteiger partial charge in [0.2, 0.25) is 5.91 Å². The van der Waals surface area contributed by atoms with Gasteiger partial charge in [0.25, 0.3) is 0 Å². The highest BCUT2D eigenvalue weighted by molar-refractivity contribution is 5.80. The molecule has 0 heterocycles. The molecule has 98 valence electrons. The topological polar surface area (TPSA) is 41.1 Å². The third kappa shape index (κ3) is 3.77. The maximum Gasteiger partial charge on any atom is 0.223 e. The van der Waals surface area contributed by atoms with Crippen LogP contribution in [0.5, 0.6) is 0 Å². The Morgan fingerprint density at radius 3 is 2.67 bits per heavy atom. The Balaban J connectivity index is 1.62. The predicted molar refractivity (Wildman–Crippen MR) is 63.8 cm³/mol. The number of amides is 1. The fourth-order valence-electron chi connectivity index (χ4n) is 1.65. The zero-order chi connectivity index (χ0) is 13.0. The molecule has 1 amide bonds. The zero-order valence-electron chi connectivity index (χ0n) is 10.0. The molecule has 2 rings (SSSR count). The molecule has 0 bridgehead atoms. The van der Waals surface area contributed by atoms with E-state index < -0.39 is 11.6 Å². The Morgan fingerprint density at radius 1 is 1.22 bits per heavy atom. The van der Waals surface area contributed by atoms with E-state index in [2.05, 4.69) is 10.6 Å². The average Bonchev–Trinajstić information content (AvgIpc) is 3.17. The van der Waals surface area contributed by atoms with Gasteiger partial charge in [-0.3, -0.25) is 4.79 Å². The SMILES string of the molecule is O=C(NCCNCc1ccc(F)c(F)c1)C1CC1. The molecule has 18 heavy (non-hydrogen) atoms. The summed E-state index contributed by atoms with van der Waals surface area (Å²) in [5.41, 5.74) is 0.683. The van der Waals surface area contributed by atoms with Gasteiger partial charge < -0.3 is 10.6 Å². The first kappa shape index (κ1) is 13.0. The lowest BCUT2D eigenvalue weighted by molar-refractivity contribution is -0.122. The number of halogens is 2. The maximum absolute atomic E-state index is 12.9. The van der Waals surface area contributed by atoms with Crippen molar-refractivity contribution in [3.63, 3.8) is 0 Å².